The minimum absolute atomic E-state index is 0.745. The van der Waals surface area contributed by atoms with E-state index < -0.39 is 0 Å². The van der Waals surface area contributed by atoms with E-state index in [9.17, 15) is 0 Å². The Balaban J connectivity index is 1.93. The molecule has 0 saturated heterocycles. The lowest BCUT2D eigenvalue weighted by atomic mass is 10.2. The molecule has 0 bridgehead atoms. The van der Waals surface area contributed by atoms with Crippen LogP contribution in [0.3, 0.4) is 0 Å². The van der Waals surface area contributed by atoms with Crippen LogP contribution in [0.15, 0.2) is 30.5 Å². The average molecular weight is 221 g/mol. The molecule has 0 fully saturated rings. The first-order valence-corrected chi connectivity index (χ1v) is 5.26. The van der Waals surface area contributed by atoms with E-state index in [4.69, 9.17) is 4.74 Å². The Morgan fingerprint density at radius 1 is 1.33 bits per heavy atom. The van der Waals surface area contributed by atoms with Gasteiger partial charge in [0.1, 0.15) is 5.75 Å². The van der Waals surface area contributed by atoms with Gasteiger partial charge in [-0.3, -0.25) is 0 Å². The molecule has 15 heavy (non-hydrogen) atoms. The molecular formula is C10H11N3OS. The fourth-order valence-electron chi connectivity index (χ4n) is 1.18. The summed E-state index contributed by atoms with van der Waals surface area (Å²) in [5.41, 5.74) is 1.18. The summed E-state index contributed by atoms with van der Waals surface area (Å²) in [6.07, 6.45) is 1.72. The van der Waals surface area contributed by atoms with Gasteiger partial charge in [0, 0.05) is 6.54 Å². The van der Waals surface area contributed by atoms with E-state index in [0.29, 0.717) is 0 Å². The molecule has 4 nitrogen and oxygen atoms in total. The summed E-state index contributed by atoms with van der Waals surface area (Å²) >= 11 is 1.20. The minimum atomic E-state index is 0.745. The Morgan fingerprint density at radius 3 is 2.73 bits per heavy atom. The SMILES string of the molecule is COc1ccc(CNc2cnsn2)cc1. The second-order valence-electron chi connectivity index (χ2n) is 2.99. The van der Waals surface area contributed by atoms with E-state index in [-0.39, 0.29) is 0 Å². The molecule has 1 aromatic heterocycles. The van der Waals surface area contributed by atoms with Crippen molar-refractivity contribution in [3.05, 3.63) is 36.0 Å². The Bertz CT molecular complexity index is 399. The second-order valence-corrected chi connectivity index (χ2v) is 3.55. The summed E-state index contributed by atoms with van der Waals surface area (Å²) in [6, 6.07) is 7.92. The third kappa shape index (κ3) is 2.66. The Hall–Kier alpha value is -1.62. The van der Waals surface area contributed by atoms with E-state index in [1.54, 1.807) is 13.3 Å². The molecule has 2 rings (SSSR count). The molecular weight excluding hydrogens is 210 g/mol. The van der Waals surface area contributed by atoms with Crippen LogP contribution in [0.5, 0.6) is 5.75 Å². The molecule has 5 heteroatoms. The van der Waals surface area contributed by atoms with Gasteiger partial charge in [-0.25, -0.2) is 0 Å². The van der Waals surface area contributed by atoms with Crippen molar-refractivity contribution in [2.75, 3.05) is 12.4 Å². The van der Waals surface area contributed by atoms with Crippen LogP contribution in [0.2, 0.25) is 0 Å². The molecule has 0 aliphatic carbocycles. The molecule has 0 atom stereocenters. The van der Waals surface area contributed by atoms with E-state index in [0.717, 1.165) is 18.1 Å². The first-order chi connectivity index (χ1) is 7.38. The van der Waals surface area contributed by atoms with Gasteiger partial charge in [-0.1, -0.05) is 12.1 Å². The molecule has 2 aromatic rings. The molecule has 0 amide bonds. The Morgan fingerprint density at radius 2 is 2.13 bits per heavy atom. The highest BCUT2D eigenvalue weighted by molar-refractivity contribution is 6.99. The Labute approximate surface area is 92.2 Å². The van der Waals surface area contributed by atoms with Crippen LogP contribution in [0, 0.1) is 0 Å². The molecule has 78 valence electrons. The summed E-state index contributed by atoms with van der Waals surface area (Å²) in [5.74, 6) is 1.69. The van der Waals surface area contributed by atoms with Gasteiger partial charge in [-0.05, 0) is 17.7 Å². The number of methoxy groups -OCH3 is 1. The van der Waals surface area contributed by atoms with Crippen LogP contribution in [-0.2, 0) is 6.54 Å². The van der Waals surface area contributed by atoms with Crippen LogP contribution < -0.4 is 10.1 Å². The Kier molecular flexibility index (Phi) is 3.14. The van der Waals surface area contributed by atoms with E-state index in [1.807, 2.05) is 24.3 Å². The van der Waals surface area contributed by atoms with Crippen molar-refractivity contribution in [3.8, 4) is 5.75 Å². The summed E-state index contributed by atoms with van der Waals surface area (Å²) in [4.78, 5) is 0. The van der Waals surface area contributed by atoms with E-state index in [2.05, 4.69) is 14.1 Å². The van der Waals surface area contributed by atoms with Crippen molar-refractivity contribution >= 4 is 17.5 Å². The first-order valence-electron chi connectivity index (χ1n) is 4.53. The van der Waals surface area contributed by atoms with E-state index in [1.165, 1.54) is 17.3 Å². The lowest BCUT2D eigenvalue weighted by Crippen LogP contribution is -1.99. The zero-order valence-electron chi connectivity index (χ0n) is 8.30. The maximum absolute atomic E-state index is 5.08. The average Bonchev–Trinajstić information content (AvgIpc) is 2.80. The largest absolute Gasteiger partial charge is 0.497 e. The predicted molar refractivity (Wildman–Crippen MR) is 60.2 cm³/mol. The molecule has 1 N–H and O–H groups in total. The number of hydrogen-bond acceptors (Lipinski definition) is 5. The normalized spacial score (nSPS) is 9.93. The predicted octanol–water partition coefficient (Wildman–Crippen LogP) is 2.16. The molecule has 1 heterocycles. The molecule has 0 radical (unpaired) electrons. The van der Waals surface area contributed by atoms with Gasteiger partial charge in [0.25, 0.3) is 0 Å². The van der Waals surface area contributed by atoms with Crippen molar-refractivity contribution in [2.45, 2.75) is 6.54 Å². The summed E-state index contributed by atoms with van der Waals surface area (Å²) in [5, 5.41) is 3.17. The van der Waals surface area contributed by atoms with Gasteiger partial charge >= 0.3 is 0 Å². The third-order valence-electron chi connectivity index (χ3n) is 1.99. The number of benzene rings is 1. The maximum Gasteiger partial charge on any atom is 0.160 e. The van der Waals surface area contributed by atoms with Gasteiger partial charge in [-0.15, -0.1) is 0 Å². The quantitative estimate of drug-likeness (QED) is 0.859. The zero-order chi connectivity index (χ0) is 10.5. The van der Waals surface area contributed by atoms with Gasteiger partial charge in [0.15, 0.2) is 5.82 Å². The number of nitrogens with zero attached hydrogens (tertiary/aromatic N) is 2. The number of rotatable bonds is 4. The fraction of sp³-hybridized carbons (Fsp3) is 0.200. The van der Waals surface area contributed by atoms with Gasteiger partial charge < -0.3 is 10.1 Å². The summed E-state index contributed by atoms with van der Waals surface area (Å²) < 4.78 is 13.0. The minimum Gasteiger partial charge on any atom is -0.497 e. The summed E-state index contributed by atoms with van der Waals surface area (Å²) in [6.45, 7) is 0.745. The van der Waals surface area contributed by atoms with Crippen LogP contribution in [0.1, 0.15) is 5.56 Å². The highest BCUT2D eigenvalue weighted by Crippen LogP contribution is 2.12. The van der Waals surface area contributed by atoms with Crippen LogP contribution in [0.25, 0.3) is 0 Å². The van der Waals surface area contributed by atoms with Gasteiger partial charge in [-0.2, -0.15) is 8.75 Å². The highest BCUT2D eigenvalue weighted by Gasteiger charge is 1.96. The molecule has 0 unspecified atom stereocenters. The second kappa shape index (κ2) is 4.75. The van der Waals surface area contributed by atoms with Crippen LogP contribution in [0.4, 0.5) is 5.82 Å². The van der Waals surface area contributed by atoms with Crippen LogP contribution in [-0.4, -0.2) is 15.9 Å². The standard InChI is InChI=1S/C10H11N3OS/c1-14-9-4-2-8(3-5-9)6-11-10-7-12-15-13-10/h2-5,7H,6H2,1H3,(H,11,13). The number of nitrogens with one attached hydrogen (secondary N) is 1. The lowest BCUT2D eigenvalue weighted by molar-refractivity contribution is 0.414. The van der Waals surface area contributed by atoms with Crippen molar-refractivity contribution in [2.24, 2.45) is 0 Å². The maximum atomic E-state index is 5.08. The highest BCUT2D eigenvalue weighted by atomic mass is 32.1. The van der Waals surface area contributed by atoms with Crippen molar-refractivity contribution in [1.82, 2.24) is 8.75 Å². The number of hydrogen-bond donors (Lipinski definition) is 1. The third-order valence-corrected chi connectivity index (χ3v) is 2.47. The van der Waals surface area contributed by atoms with Gasteiger partial charge in [0.05, 0.1) is 25.0 Å². The fourth-order valence-corrected chi connectivity index (χ4v) is 1.57. The number of anilines is 1. The monoisotopic (exact) mass is 221 g/mol. The van der Waals surface area contributed by atoms with Crippen LogP contribution >= 0.6 is 11.7 Å². The molecule has 0 saturated carbocycles. The molecule has 0 aliphatic rings. The van der Waals surface area contributed by atoms with E-state index >= 15 is 0 Å². The number of aromatic nitrogens is 2. The topological polar surface area (TPSA) is 47.0 Å². The van der Waals surface area contributed by atoms with Crippen molar-refractivity contribution in [1.29, 1.82) is 0 Å². The lowest BCUT2D eigenvalue weighted by Gasteiger charge is -2.04. The number of ether oxygens (including phenoxy) is 1. The van der Waals surface area contributed by atoms with Crippen molar-refractivity contribution in [3.63, 3.8) is 0 Å². The smallest absolute Gasteiger partial charge is 0.160 e. The molecule has 1 aromatic carbocycles. The summed E-state index contributed by atoms with van der Waals surface area (Å²) in [7, 11) is 1.66. The zero-order valence-corrected chi connectivity index (χ0v) is 9.12. The van der Waals surface area contributed by atoms with Crippen molar-refractivity contribution < 1.29 is 4.74 Å². The first kappa shape index (κ1) is 9.92. The molecule has 0 spiro atoms. The van der Waals surface area contributed by atoms with Gasteiger partial charge in [0.2, 0.25) is 0 Å². The molecule has 0 aliphatic heterocycles.